The number of likely N-dealkylation sites (tertiary alicyclic amines) is 1. The summed E-state index contributed by atoms with van der Waals surface area (Å²) in [7, 11) is 2.03. The van der Waals surface area contributed by atoms with Gasteiger partial charge in [0.2, 0.25) is 0 Å². The van der Waals surface area contributed by atoms with Crippen molar-refractivity contribution in [2.24, 2.45) is 7.05 Å². The molecule has 1 N–H and O–H groups in total. The van der Waals surface area contributed by atoms with Crippen LogP contribution in [-0.2, 0) is 19.9 Å². The first-order valence-electron chi connectivity index (χ1n) is 12.4. The summed E-state index contributed by atoms with van der Waals surface area (Å²) in [6.07, 6.45) is 9.85. The fraction of sp³-hybridized carbons (Fsp3) is 0.429. The second-order valence-corrected chi connectivity index (χ2v) is 10.5. The Kier molecular flexibility index (Phi) is 7.57. The summed E-state index contributed by atoms with van der Waals surface area (Å²) in [6.45, 7) is 3.74. The van der Waals surface area contributed by atoms with Crippen molar-refractivity contribution in [2.45, 2.75) is 49.0 Å². The molecule has 0 bridgehead atoms. The number of rotatable bonds is 9. The summed E-state index contributed by atoms with van der Waals surface area (Å²) in [5.41, 5.74) is 3.88. The molecule has 3 aromatic rings. The first kappa shape index (κ1) is 23.5. The van der Waals surface area contributed by atoms with Gasteiger partial charge < -0.3 is 9.30 Å². The first-order chi connectivity index (χ1) is 16.7. The Labute approximate surface area is 206 Å². The van der Waals surface area contributed by atoms with Crippen molar-refractivity contribution < 1.29 is 9.13 Å². The molecule has 4 nitrogen and oxygen atoms in total. The Bertz CT molecular complexity index is 1090. The molecule has 1 aromatic heterocycles. The van der Waals surface area contributed by atoms with Gasteiger partial charge in [0.25, 0.3) is 0 Å². The predicted molar refractivity (Wildman–Crippen MR) is 137 cm³/mol. The van der Waals surface area contributed by atoms with E-state index in [-0.39, 0.29) is 5.82 Å². The molecule has 1 saturated heterocycles. The highest BCUT2D eigenvalue weighted by Crippen LogP contribution is 2.40. The zero-order valence-corrected chi connectivity index (χ0v) is 20.7. The minimum atomic E-state index is -0.149. The molecule has 180 valence electrons. The van der Waals surface area contributed by atoms with E-state index in [0.29, 0.717) is 18.6 Å². The van der Waals surface area contributed by atoms with Gasteiger partial charge in [0, 0.05) is 42.8 Å². The van der Waals surface area contributed by atoms with Crippen molar-refractivity contribution >= 4 is 11.9 Å². The van der Waals surface area contributed by atoms with Gasteiger partial charge in [-0.25, -0.2) is 4.39 Å². The number of nitrogens with one attached hydrogen (secondary N) is 1. The normalized spacial score (nSPS) is 20.4. The number of hydrogen-bond donors (Lipinski definition) is 1. The van der Waals surface area contributed by atoms with Crippen molar-refractivity contribution in [3.8, 4) is 5.75 Å². The largest absolute Gasteiger partial charge is 0.492 e. The second kappa shape index (κ2) is 11.0. The molecule has 6 heteroatoms. The van der Waals surface area contributed by atoms with Crippen LogP contribution in [0.1, 0.15) is 41.9 Å². The summed E-state index contributed by atoms with van der Waals surface area (Å²) in [5.74, 6) is 1.14. The lowest BCUT2D eigenvalue weighted by Crippen LogP contribution is -2.41. The lowest BCUT2D eigenvalue weighted by molar-refractivity contribution is 0.188. The summed E-state index contributed by atoms with van der Waals surface area (Å²) in [4.78, 5) is 3.87. The van der Waals surface area contributed by atoms with Crippen LogP contribution in [-0.4, -0.2) is 41.8 Å². The van der Waals surface area contributed by atoms with Crippen LogP contribution in [0.25, 0.3) is 0 Å². The highest BCUT2D eigenvalue weighted by Gasteiger charge is 2.35. The quantitative estimate of drug-likeness (QED) is 0.321. The van der Waals surface area contributed by atoms with E-state index in [1.165, 1.54) is 54.4 Å². The molecule has 1 aliphatic carbocycles. The number of aryl methyl sites for hydroxylation is 2. The average Bonchev–Trinajstić information content (AvgIpc) is 3.51. The fourth-order valence-electron chi connectivity index (χ4n) is 5.50. The summed E-state index contributed by atoms with van der Waals surface area (Å²) in [5, 5.41) is 0. The highest BCUT2D eigenvalue weighted by atomic mass is 32.2. The Morgan fingerprint density at radius 2 is 2.00 bits per heavy atom. The van der Waals surface area contributed by atoms with E-state index >= 15 is 0 Å². The summed E-state index contributed by atoms with van der Waals surface area (Å²) in [6, 6.07) is 16.3. The predicted octanol–water partition coefficient (Wildman–Crippen LogP) is 5.58. The lowest BCUT2D eigenvalue weighted by Gasteiger charge is -2.39. The molecule has 0 spiro atoms. The third-order valence-corrected chi connectivity index (χ3v) is 7.94. The van der Waals surface area contributed by atoms with Crippen LogP contribution in [0.3, 0.4) is 0 Å². The molecule has 0 amide bonds. The van der Waals surface area contributed by atoms with Crippen molar-refractivity contribution in [1.82, 2.24) is 14.2 Å². The zero-order chi connectivity index (χ0) is 23.3. The Morgan fingerprint density at radius 1 is 1.12 bits per heavy atom. The van der Waals surface area contributed by atoms with Crippen LogP contribution < -0.4 is 9.46 Å². The van der Waals surface area contributed by atoms with Gasteiger partial charge in [-0.15, -0.1) is 0 Å². The molecule has 1 aliphatic heterocycles. The van der Waals surface area contributed by atoms with E-state index in [1.54, 1.807) is 18.0 Å². The maximum atomic E-state index is 14.0. The maximum absolute atomic E-state index is 14.0. The van der Waals surface area contributed by atoms with Gasteiger partial charge in [-0.05, 0) is 104 Å². The lowest BCUT2D eigenvalue weighted by atomic mass is 9.75. The van der Waals surface area contributed by atoms with E-state index < -0.39 is 0 Å². The van der Waals surface area contributed by atoms with Crippen LogP contribution in [0.4, 0.5) is 4.39 Å². The van der Waals surface area contributed by atoms with Gasteiger partial charge in [-0.3, -0.25) is 9.62 Å². The Balaban J connectivity index is 1.28. The van der Waals surface area contributed by atoms with Crippen molar-refractivity contribution in [3.05, 3.63) is 83.4 Å². The number of fused-ring (bicyclic) bond motifs is 1. The number of hydrogen-bond acceptors (Lipinski definition) is 4. The van der Waals surface area contributed by atoms with Crippen LogP contribution in [0.15, 0.2) is 65.8 Å². The number of benzene rings is 2. The number of ether oxygens (including phenoxy) is 1. The minimum absolute atomic E-state index is 0.149. The van der Waals surface area contributed by atoms with Crippen LogP contribution in [0.5, 0.6) is 5.75 Å². The molecule has 0 radical (unpaired) electrons. The smallest absolute Gasteiger partial charge is 0.123 e. The van der Waals surface area contributed by atoms with Crippen molar-refractivity contribution in [1.29, 1.82) is 0 Å². The summed E-state index contributed by atoms with van der Waals surface area (Å²) < 4.78 is 25.5. The molecule has 5 rings (SSSR count). The number of aromatic nitrogens is 1. The molecule has 2 atom stereocenters. The van der Waals surface area contributed by atoms with Crippen LogP contribution >= 0.6 is 11.9 Å². The van der Waals surface area contributed by atoms with Crippen molar-refractivity contribution in [3.63, 3.8) is 0 Å². The second-order valence-electron chi connectivity index (χ2n) is 9.51. The first-order valence-corrected chi connectivity index (χ1v) is 13.2. The maximum Gasteiger partial charge on any atom is 0.123 e. The van der Waals surface area contributed by atoms with E-state index in [9.17, 15) is 4.39 Å². The third kappa shape index (κ3) is 5.68. The van der Waals surface area contributed by atoms with Gasteiger partial charge in [-0.2, -0.15) is 0 Å². The topological polar surface area (TPSA) is 29.4 Å². The average molecular weight is 480 g/mol. The molecule has 2 aromatic carbocycles. The van der Waals surface area contributed by atoms with E-state index in [4.69, 9.17) is 4.74 Å². The van der Waals surface area contributed by atoms with Gasteiger partial charge in [0.05, 0.1) is 0 Å². The van der Waals surface area contributed by atoms with Gasteiger partial charge in [0.15, 0.2) is 0 Å². The molecular formula is C28H34FN3OS. The molecule has 1 fully saturated rings. The molecule has 2 unspecified atom stereocenters. The van der Waals surface area contributed by atoms with Crippen LogP contribution in [0, 0.1) is 5.82 Å². The number of nitrogens with zero attached hydrogens (tertiary/aromatic N) is 2. The molecule has 2 heterocycles. The Hall–Kier alpha value is -2.28. The van der Waals surface area contributed by atoms with Gasteiger partial charge in [0.1, 0.15) is 18.2 Å². The number of halogens is 1. The highest BCUT2D eigenvalue weighted by molar-refractivity contribution is 7.97. The molecule has 2 aliphatic rings. The molecule has 0 saturated carbocycles. The van der Waals surface area contributed by atoms with Crippen molar-refractivity contribution in [2.75, 3.05) is 26.2 Å². The van der Waals surface area contributed by atoms with Crippen LogP contribution in [0.2, 0.25) is 0 Å². The standard InChI is InChI=1S/C28H34FN3OS/c1-31-15-11-25(20-31)34-30-12-16-33-24-9-7-22-8-10-28(32-13-2-3-14-32)27(26(22)19-24)18-21-5-4-6-23(29)17-21/h4-7,9,11,15,17,19-20,27-28,30H,2-3,8,10,12-14,16,18H2,1H3. The summed E-state index contributed by atoms with van der Waals surface area (Å²) >= 11 is 1.63. The monoisotopic (exact) mass is 479 g/mol. The Morgan fingerprint density at radius 3 is 2.79 bits per heavy atom. The van der Waals surface area contributed by atoms with Gasteiger partial charge >= 0.3 is 0 Å². The van der Waals surface area contributed by atoms with E-state index in [1.807, 2.05) is 23.9 Å². The molecular weight excluding hydrogens is 445 g/mol. The van der Waals surface area contributed by atoms with E-state index in [2.05, 4.69) is 46.2 Å². The van der Waals surface area contributed by atoms with Gasteiger partial charge in [-0.1, -0.05) is 18.2 Å². The SMILES string of the molecule is Cn1ccc(SNCCOc2ccc3c(c2)C(Cc2cccc(F)c2)C(N2CCCC2)CC3)c1. The third-order valence-electron chi connectivity index (χ3n) is 7.11. The fourth-order valence-corrected chi connectivity index (χ4v) is 6.20. The van der Waals surface area contributed by atoms with E-state index in [0.717, 1.165) is 30.7 Å². The molecule has 34 heavy (non-hydrogen) atoms. The zero-order valence-electron chi connectivity index (χ0n) is 19.9. The minimum Gasteiger partial charge on any atom is -0.492 e.